The van der Waals surface area contributed by atoms with Gasteiger partial charge in [0.2, 0.25) is 5.78 Å². The van der Waals surface area contributed by atoms with Crippen LogP contribution in [0.5, 0.6) is 5.75 Å². The van der Waals surface area contributed by atoms with Crippen molar-refractivity contribution >= 4 is 33.2 Å². The summed E-state index contributed by atoms with van der Waals surface area (Å²) in [7, 11) is -2.49. The van der Waals surface area contributed by atoms with Gasteiger partial charge in [-0.3, -0.25) is 9.52 Å². The molecule has 0 heterocycles. The van der Waals surface area contributed by atoms with E-state index in [1.54, 1.807) is 42.5 Å². The first-order valence-electron chi connectivity index (χ1n) is 9.58. The van der Waals surface area contributed by atoms with E-state index in [1.807, 2.05) is 0 Å². The fraction of sp³-hybridized carbons (Fsp3) is 0.130. The molecule has 0 spiro atoms. The van der Waals surface area contributed by atoms with Crippen molar-refractivity contribution in [2.24, 2.45) is 0 Å². The minimum Gasteiger partial charge on any atom is -0.497 e. The first-order valence-corrected chi connectivity index (χ1v) is 11.1. The van der Waals surface area contributed by atoms with Gasteiger partial charge in [-0.15, -0.1) is 0 Å². The molecule has 32 heavy (non-hydrogen) atoms. The number of nitrogens with two attached hydrogens (primary N) is 1. The first kappa shape index (κ1) is 22.8. The van der Waals surface area contributed by atoms with Crippen molar-refractivity contribution in [3.05, 3.63) is 83.9 Å². The lowest BCUT2D eigenvalue weighted by atomic mass is 10.1. The number of benzene rings is 3. The molecule has 0 radical (unpaired) electrons. The van der Waals surface area contributed by atoms with E-state index in [1.165, 1.54) is 44.4 Å². The van der Waals surface area contributed by atoms with E-state index in [2.05, 4.69) is 4.72 Å². The van der Waals surface area contributed by atoms with Crippen LogP contribution in [-0.2, 0) is 14.8 Å². The Labute approximate surface area is 186 Å². The molecule has 3 N–H and O–H groups in total. The molecular weight excluding hydrogens is 432 g/mol. The van der Waals surface area contributed by atoms with Gasteiger partial charge in [0.05, 0.1) is 23.3 Å². The largest absolute Gasteiger partial charge is 0.497 e. The fourth-order valence-electron chi connectivity index (χ4n) is 2.90. The number of Topliss-reactive ketones (excluding diaryl/α,β-unsaturated/α-hetero) is 1. The number of rotatable bonds is 8. The summed E-state index contributed by atoms with van der Waals surface area (Å²) >= 11 is 0. The van der Waals surface area contributed by atoms with E-state index >= 15 is 0 Å². The van der Waals surface area contributed by atoms with E-state index < -0.39 is 27.9 Å². The molecule has 8 nitrogen and oxygen atoms in total. The maximum Gasteiger partial charge on any atom is 0.340 e. The molecule has 0 saturated heterocycles. The molecule has 0 aromatic heterocycles. The number of anilines is 2. The summed E-state index contributed by atoms with van der Waals surface area (Å²) in [6, 6.07) is 18.1. The van der Waals surface area contributed by atoms with Gasteiger partial charge >= 0.3 is 5.97 Å². The van der Waals surface area contributed by atoms with Gasteiger partial charge in [-0.1, -0.05) is 18.2 Å². The van der Waals surface area contributed by atoms with Crippen molar-refractivity contribution in [2.45, 2.75) is 17.9 Å². The molecule has 0 fully saturated rings. The second-order valence-corrected chi connectivity index (χ2v) is 8.55. The highest BCUT2D eigenvalue weighted by Crippen LogP contribution is 2.23. The smallest absolute Gasteiger partial charge is 0.340 e. The Bertz CT molecular complexity index is 1240. The van der Waals surface area contributed by atoms with Crippen LogP contribution in [0.2, 0.25) is 0 Å². The molecule has 0 saturated carbocycles. The predicted molar refractivity (Wildman–Crippen MR) is 120 cm³/mol. The van der Waals surface area contributed by atoms with Crippen molar-refractivity contribution < 1.29 is 27.5 Å². The summed E-state index contributed by atoms with van der Waals surface area (Å²) in [5.74, 6) is -0.656. The third kappa shape index (κ3) is 5.25. The second kappa shape index (κ2) is 9.52. The summed E-state index contributed by atoms with van der Waals surface area (Å²) in [5.41, 5.74) is 6.29. The van der Waals surface area contributed by atoms with Crippen molar-refractivity contribution in [1.29, 1.82) is 0 Å². The van der Waals surface area contributed by atoms with Gasteiger partial charge in [-0.25, -0.2) is 13.2 Å². The Kier molecular flexibility index (Phi) is 6.79. The highest BCUT2D eigenvalue weighted by atomic mass is 32.2. The zero-order chi connectivity index (χ0) is 23.3. The standard InChI is InChI=1S/C23H22N2O6S/c1-15(22(26)16-10-12-18(30-2)13-11-16)31-23(27)20-8-3-4-9-21(20)25-32(28,29)19-7-5-6-17(24)14-19/h3-15,25H,24H2,1-2H3. The van der Waals surface area contributed by atoms with Gasteiger partial charge in [0, 0.05) is 11.3 Å². The van der Waals surface area contributed by atoms with Crippen LogP contribution in [0.4, 0.5) is 11.4 Å². The van der Waals surface area contributed by atoms with Crippen molar-refractivity contribution in [3.63, 3.8) is 0 Å². The molecule has 1 unspecified atom stereocenters. The van der Waals surface area contributed by atoms with Crippen LogP contribution >= 0.6 is 0 Å². The number of hydrogen-bond acceptors (Lipinski definition) is 7. The fourth-order valence-corrected chi connectivity index (χ4v) is 4.04. The number of esters is 1. The number of nitrogen functional groups attached to an aromatic ring is 1. The van der Waals surface area contributed by atoms with Gasteiger partial charge in [-0.2, -0.15) is 0 Å². The van der Waals surface area contributed by atoms with Crippen molar-refractivity contribution in [3.8, 4) is 5.75 Å². The van der Waals surface area contributed by atoms with Crippen LogP contribution in [0.15, 0.2) is 77.7 Å². The van der Waals surface area contributed by atoms with E-state index in [4.69, 9.17) is 15.2 Å². The predicted octanol–water partition coefficient (Wildman–Crippen LogP) is 3.51. The van der Waals surface area contributed by atoms with E-state index in [9.17, 15) is 18.0 Å². The Morgan fingerprint density at radius 1 is 0.969 bits per heavy atom. The zero-order valence-corrected chi connectivity index (χ0v) is 18.3. The minimum absolute atomic E-state index is 0.0176. The van der Waals surface area contributed by atoms with Gasteiger partial charge in [0.25, 0.3) is 10.0 Å². The number of carbonyl (C=O) groups is 2. The van der Waals surface area contributed by atoms with E-state index in [-0.39, 0.29) is 21.8 Å². The van der Waals surface area contributed by atoms with Gasteiger partial charge in [-0.05, 0) is 61.5 Å². The topological polar surface area (TPSA) is 125 Å². The Morgan fingerprint density at radius 3 is 2.31 bits per heavy atom. The normalized spacial score (nSPS) is 11.9. The molecule has 0 amide bonds. The van der Waals surface area contributed by atoms with Crippen molar-refractivity contribution in [1.82, 2.24) is 0 Å². The molecule has 3 rings (SSSR count). The summed E-state index contributed by atoms with van der Waals surface area (Å²) in [6.07, 6.45) is -1.09. The molecule has 3 aromatic rings. The maximum atomic E-state index is 12.7. The third-order valence-electron chi connectivity index (χ3n) is 4.59. The number of ether oxygens (including phenoxy) is 2. The number of ketones is 1. The summed E-state index contributed by atoms with van der Waals surface area (Å²) in [6.45, 7) is 1.45. The Hall–Kier alpha value is -3.85. The number of hydrogen-bond donors (Lipinski definition) is 2. The monoisotopic (exact) mass is 454 g/mol. The molecule has 3 aromatic carbocycles. The highest BCUT2D eigenvalue weighted by Gasteiger charge is 2.24. The number of sulfonamides is 1. The SMILES string of the molecule is COc1ccc(C(=O)C(C)OC(=O)c2ccccc2NS(=O)(=O)c2cccc(N)c2)cc1. The average molecular weight is 455 g/mol. The zero-order valence-electron chi connectivity index (χ0n) is 17.4. The van der Waals surface area contributed by atoms with Crippen molar-refractivity contribution in [2.75, 3.05) is 17.6 Å². The number of carbonyl (C=O) groups excluding carboxylic acids is 2. The minimum atomic E-state index is -4.00. The quantitative estimate of drug-likeness (QED) is 0.303. The molecule has 0 bridgehead atoms. The molecule has 166 valence electrons. The summed E-state index contributed by atoms with van der Waals surface area (Å²) < 4.78 is 38.2. The maximum absolute atomic E-state index is 12.7. The molecular formula is C23H22N2O6S. The lowest BCUT2D eigenvalue weighted by Crippen LogP contribution is -2.25. The van der Waals surface area contributed by atoms with E-state index in [0.717, 1.165) is 0 Å². The van der Waals surface area contributed by atoms with Crippen LogP contribution in [0, 0.1) is 0 Å². The van der Waals surface area contributed by atoms with Crippen LogP contribution in [0.25, 0.3) is 0 Å². The summed E-state index contributed by atoms with van der Waals surface area (Å²) in [4.78, 5) is 25.3. The lowest BCUT2D eigenvalue weighted by molar-refractivity contribution is 0.0320. The molecule has 0 aliphatic rings. The lowest BCUT2D eigenvalue weighted by Gasteiger charge is -2.15. The second-order valence-electron chi connectivity index (χ2n) is 6.86. The first-order chi connectivity index (χ1) is 15.2. The van der Waals surface area contributed by atoms with E-state index in [0.29, 0.717) is 11.3 Å². The number of nitrogens with one attached hydrogen (secondary N) is 1. The van der Waals surface area contributed by atoms with Gasteiger partial charge in [0.15, 0.2) is 6.10 Å². The number of para-hydroxylation sites is 1. The molecule has 9 heteroatoms. The summed E-state index contributed by atoms with van der Waals surface area (Å²) in [5, 5.41) is 0. The molecule has 0 aliphatic carbocycles. The average Bonchev–Trinajstić information content (AvgIpc) is 2.78. The van der Waals surface area contributed by atoms with Gasteiger partial charge in [0.1, 0.15) is 5.75 Å². The highest BCUT2D eigenvalue weighted by molar-refractivity contribution is 7.92. The third-order valence-corrected chi connectivity index (χ3v) is 5.95. The van der Waals surface area contributed by atoms with Crippen LogP contribution in [0.1, 0.15) is 27.6 Å². The molecule has 0 aliphatic heterocycles. The van der Waals surface area contributed by atoms with Crippen LogP contribution < -0.4 is 15.2 Å². The Balaban J connectivity index is 1.78. The number of methoxy groups -OCH3 is 1. The Morgan fingerprint density at radius 2 is 1.66 bits per heavy atom. The van der Waals surface area contributed by atoms with Gasteiger partial charge < -0.3 is 15.2 Å². The van der Waals surface area contributed by atoms with Crippen LogP contribution in [0.3, 0.4) is 0 Å². The molecule has 1 atom stereocenters. The van der Waals surface area contributed by atoms with Crippen LogP contribution in [-0.4, -0.2) is 33.4 Å².